The van der Waals surface area contributed by atoms with E-state index in [2.05, 4.69) is 121 Å². The highest BCUT2D eigenvalue weighted by molar-refractivity contribution is 6.29. The molecule has 164 valence electrons. The average molecular weight is 453 g/mol. The molecule has 0 heterocycles. The molecule has 0 amide bonds. The third-order valence-electron chi connectivity index (χ3n) is 8.32. The van der Waals surface area contributed by atoms with Crippen LogP contribution < -0.4 is 10.4 Å². The molecule has 7 aromatic carbocycles. The fourth-order valence-electron chi connectivity index (χ4n) is 6.81. The normalized spacial score (nSPS) is 12.9. The van der Waals surface area contributed by atoms with Gasteiger partial charge >= 0.3 is 0 Å². The maximum Gasteiger partial charge on any atom is -0.000784 e. The lowest BCUT2D eigenvalue weighted by molar-refractivity contribution is 1.50. The second kappa shape index (κ2) is 6.50. The molecule has 9 rings (SSSR count). The van der Waals surface area contributed by atoms with Gasteiger partial charge in [0.25, 0.3) is 0 Å². The Hall–Kier alpha value is -4.68. The minimum Gasteiger partial charge on any atom is -0.0616 e. The first-order valence-electron chi connectivity index (χ1n) is 12.6. The van der Waals surface area contributed by atoms with Crippen molar-refractivity contribution in [1.29, 1.82) is 0 Å². The van der Waals surface area contributed by atoms with Gasteiger partial charge in [-0.05, 0) is 98.4 Å². The van der Waals surface area contributed by atoms with Crippen LogP contribution in [0.5, 0.6) is 0 Å². The first-order chi connectivity index (χ1) is 17.9. The third-order valence-corrected chi connectivity index (χ3v) is 8.32. The van der Waals surface area contributed by atoms with Crippen molar-refractivity contribution in [3.63, 3.8) is 0 Å². The summed E-state index contributed by atoms with van der Waals surface area (Å²) in [5, 5.41) is 16.1. The zero-order valence-corrected chi connectivity index (χ0v) is 19.5. The highest BCUT2D eigenvalue weighted by Crippen LogP contribution is 2.43. The Bertz CT molecular complexity index is 2350. The Balaban J connectivity index is 1.64. The Morgan fingerprint density at radius 3 is 2.14 bits per heavy atom. The largest absolute Gasteiger partial charge is 0.0616 e. The van der Waals surface area contributed by atoms with Crippen LogP contribution in [0.1, 0.15) is 11.1 Å². The highest BCUT2D eigenvalue weighted by Gasteiger charge is 2.22. The Kier molecular flexibility index (Phi) is 3.36. The summed E-state index contributed by atoms with van der Waals surface area (Å²) in [6.45, 7) is 0. The lowest BCUT2D eigenvalue weighted by atomic mass is 9.87. The molecule has 0 heteroatoms. The summed E-state index contributed by atoms with van der Waals surface area (Å²) in [7, 11) is 0. The van der Waals surface area contributed by atoms with Gasteiger partial charge in [-0.3, -0.25) is 0 Å². The van der Waals surface area contributed by atoms with Crippen LogP contribution in [-0.2, 0) is 0 Å². The number of benzene rings is 7. The lowest BCUT2D eigenvalue weighted by Gasteiger charge is -2.16. The van der Waals surface area contributed by atoms with E-state index < -0.39 is 0 Å². The van der Waals surface area contributed by atoms with E-state index in [4.69, 9.17) is 0 Å². The predicted octanol–water partition coefficient (Wildman–Crippen LogP) is 7.54. The van der Waals surface area contributed by atoms with Crippen LogP contribution in [0.4, 0.5) is 0 Å². The van der Waals surface area contributed by atoms with Gasteiger partial charge in [-0.2, -0.15) is 0 Å². The van der Waals surface area contributed by atoms with Crippen LogP contribution in [0.25, 0.3) is 66.4 Å². The van der Waals surface area contributed by atoms with Gasteiger partial charge in [0.1, 0.15) is 0 Å². The van der Waals surface area contributed by atoms with Crippen molar-refractivity contribution in [1.82, 2.24) is 0 Å². The van der Waals surface area contributed by atoms with Crippen LogP contribution >= 0.6 is 0 Å². The molecule has 2 aliphatic carbocycles. The van der Waals surface area contributed by atoms with Crippen LogP contribution in [0.15, 0.2) is 109 Å². The van der Waals surface area contributed by atoms with Crippen LogP contribution in [-0.4, -0.2) is 0 Å². The topological polar surface area (TPSA) is 0 Å². The summed E-state index contributed by atoms with van der Waals surface area (Å²) >= 11 is 0. The van der Waals surface area contributed by atoms with E-state index in [1.807, 2.05) is 0 Å². The van der Waals surface area contributed by atoms with E-state index in [1.165, 1.54) is 86.2 Å². The second-order valence-corrected chi connectivity index (χ2v) is 10.1. The predicted molar refractivity (Wildman–Crippen MR) is 152 cm³/mol. The van der Waals surface area contributed by atoms with Gasteiger partial charge in [0, 0.05) is 0 Å². The Morgan fingerprint density at radius 1 is 0.417 bits per heavy atom. The summed E-state index contributed by atoms with van der Waals surface area (Å²) in [5.41, 5.74) is 5.39. The number of hydrogen-bond acceptors (Lipinski definition) is 0. The fraction of sp³-hybridized carbons (Fsp3) is 0. The first kappa shape index (κ1) is 18.6. The standard InChI is InChI=1S/C36H20/c1-5-11-26-21(7-1)13-17-29-30-18-15-22-14-16-28-25-10-4-2-8-23(25)19-31(28)33(22)36(30)35-27-12-6-3-9-24(27)20-32(35)34(26)29/h1-20H. The van der Waals surface area contributed by atoms with Crippen molar-refractivity contribution >= 4 is 55.2 Å². The smallest absolute Gasteiger partial charge is 0.000784 e. The van der Waals surface area contributed by atoms with Gasteiger partial charge in [0.2, 0.25) is 0 Å². The summed E-state index contributed by atoms with van der Waals surface area (Å²) in [6, 6.07) is 40.4. The minimum absolute atomic E-state index is 1.29. The van der Waals surface area contributed by atoms with Gasteiger partial charge in [-0.15, -0.1) is 0 Å². The molecular weight excluding hydrogens is 432 g/mol. The molecule has 7 aromatic rings. The van der Waals surface area contributed by atoms with Gasteiger partial charge in [-0.25, -0.2) is 0 Å². The van der Waals surface area contributed by atoms with Crippen molar-refractivity contribution in [2.75, 3.05) is 0 Å². The van der Waals surface area contributed by atoms with Crippen molar-refractivity contribution < 1.29 is 0 Å². The monoisotopic (exact) mass is 452 g/mol. The molecule has 36 heavy (non-hydrogen) atoms. The number of fused-ring (bicyclic) bond motifs is 15. The van der Waals surface area contributed by atoms with Gasteiger partial charge in [0.05, 0.1) is 0 Å². The average Bonchev–Trinajstić information content (AvgIpc) is 3.51. The van der Waals surface area contributed by atoms with Gasteiger partial charge < -0.3 is 0 Å². The maximum absolute atomic E-state index is 2.42. The summed E-state index contributed by atoms with van der Waals surface area (Å²) in [4.78, 5) is 0. The minimum atomic E-state index is 1.29. The van der Waals surface area contributed by atoms with Crippen molar-refractivity contribution in [3.05, 3.63) is 141 Å². The van der Waals surface area contributed by atoms with E-state index in [9.17, 15) is 0 Å². The zero-order chi connectivity index (χ0) is 23.4. The zero-order valence-electron chi connectivity index (χ0n) is 19.5. The molecule has 2 aliphatic rings. The maximum atomic E-state index is 2.42. The van der Waals surface area contributed by atoms with E-state index in [0.29, 0.717) is 0 Å². The quantitative estimate of drug-likeness (QED) is 0.209. The van der Waals surface area contributed by atoms with Crippen molar-refractivity contribution in [2.24, 2.45) is 0 Å². The third kappa shape index (κ3) is 2.20. The molecular formula is C36H20. The molecule has 0 atom stereocenters. The molecule has 0 nitrogen and oxygen atoms in total. The van der Waals surface area contributed by atoms with Gasteiger partial charge in [0.15, 0.2) is 0 Å². The molecule has 0 aliphatic heterocycles. The SMILES string of the molecule is C1=c2ccccc2=c2ccc3ccc4c5ccc6ccccc6c5c5c(c4c3c21)-c1ccccc1C=5. The van der Waals surface area contributed by atoms with E-state index in [0.717, 1.165) is 0 Å². The van der Waals surface area contributed by atoms with Gasteiger partial charge in [-0.1, -0.05) is 109 Å². The second-order valence-electron chi connectivity index (χ2n) is 10.1. The molecule has 0 spiro atoms. The molecule has 0 unspecified atom stereocenters. The molecule has 0 aromatic heterocycles. The van der Waals surface area contributed by atoms with Crippen molar-refractivity contribution in [3.8, 4) is 11.1 Å². The fourth-order valence-corrected chi connectivity index (χ4v) is 6.81. The van der Waals surface area contributed by atoms with E-state index in [-0.39, 0.29) is 0 Å². The highest BCUT2D eigenvalue weighted by atomic mass is 14.2. The molecule has 0 fully saturated rings. The Morgan fingerprint density at radius 2 is 1.17 bits per heavy atom. The summed E-state index contributed by atoms with van der Waals surface area (Å²) < 4.78 is 0. The van der Waals surface area contributed by atoms with Crippen LogP contribution in [0.2, 0.25) is 0 Å². The molecule has 0 saturated carbocycles. The first-order valence-corrected chi connectivity index (χ1v) is 12.6. The number of hydrogen-bond donors (Lipinski definition) is 0. The molecule has 0 radical (unpaired) electrons. The van der Waals surface area contributed by atoms with E-state index in [1.54, 1.807) is 0 Å². The molecule has 0 saturated heterocycles. The molecule has 0 bridgehead atoms. The number of rotatable bonds is 0. The van der Waals surface area contributed by atoms with Crippen LogP contribution in [0.3, 0.4) is 0 Å². The van der Waals surface area contributed by atoms with Crippen molar-refractivity contribution in [2.45, 2.75) is 0 Å². The van der Waals surface area contributed by atoms with Crippen LogP contribution in [0, 0.1) is 10.4 Å². The molecule has 0 N–H and O–H groups in total. The summed E-state index contributed by atoms with van der Waals surface area (Å²) in [6.07, 6.45) is 4.81. The Labute approximate surface area is 207 Å². The van der Waals surface area contributed by atoms with E-state index >= 15 is 0 Å². The lowest BCUT2D eigenvalue weighted by Crippen LogP contribution is -2.06. The summed E-state index contributed by atoms with van der Waals surface area (Å²) in [5.74, 6) is 0.